The largest absolute Gasteiger partial charge is 0.353 e. The average Bonchev–Trinajstić information content (AvgIpc) is 2.81. The molecule has 5 rings (SSSR count). The van der Waals surface area contributed by atoms with Crippen molar-refractivity contribution in [3.63, 3.8) is 0 Å². The van der Waals surface area contributed by atoms with Crippen molar-refractivity contribution in [3.8, 4) is 0 Å². The number of anilines is 2. The lowest BCUT2D eigenvalue weighted by atomic mass is 10.0. The molecule has 3 heterocycles. The molecule has 6 nitrogen and oxygen atoms in total. The summed E-state index contributed by atoms with van der Waals surface area (Å²) in [5, 5.41) is 0.749. The zero-order valence-corrected chi connectivity index (χ0v) is 20.0. The number of halogens is 1. The Morgan fingerprint density at radius 3 is 1.97 bits per heavy atom. The van der Waals surface area contributed by atoms with E-state index >= 15 is 0 Å². The Balaban J connectivity index is 1.39. The molecule has 0 atom stereocenters. The van der Waals surface area contributed by atoms with Crippen molar-refractivity contribution >= 4 is 34.3 Å². The summed E-state index contributed by atoms with van der Waals surface area (Å²) in [6, 6.07) is 16.1. The number of aromatic nitrogens is 4. The fourth-order valence-electron chi connectivity index (χ4n) is 4.50. The first-order valence-corrected chi connectivity index (χ1v) is 11.7. The van der Waals surface area contributed by atoms with E-state index in [4.69, 9.17) is 26.6 Å². The Morgan fingerprint density at radius 2 is 1.30 bits per heavy atom. The second kappa shape index (κ2) is 8.94. The SMILES string of the molecule is Cc1nc(C)c(Cc2ccc(Cl)cc2)c(N2CCN(c3nc4ccccc4nc3C)CC2)n1. The van der Waals surface area contributed by atoms with Crippen molar-refractivity contribution in [1.82, 2.24) is 19.9 Å². The maximum absolute atomic E-state index is 6.08. The second-order valence-electron chi connectivity index (χ2n) is 8.56. The fraction of sp³-hybridized carbons (Fsp3) is 0.308. The summed E-state index contributed by atoms with van der Waals surface area (Å²) >= 11 is 6.08. The van der Waals surface area contributed by atoms with E-state index in [0.29, 0.717) is 0 Å². The van der Waals surface area contributed by atoms with Crippen LogP contribution in [-0.4, -0.2) is 46.1 Å². The number of piperazine rings is 1. The van der Waals surface area contributed by atoms with Crippen molar-refractivity contribution in [3.05, 3.63) is 81.9 Å². The molecule has 2 aromatic carbocycles. The normalized spacial score (nSPS) is 14.2. The summed E-state index contributed by atoms with van der Waals surface area (Å²) in [5.74, 6) is 2.82. The number of hydrogen-bond donors (Lipinski definition) is 0. The molecular weight excluding hydrogens is 432 g/mol. The van der Waals surface area contributed by atoms with E-state index in [1.165, 1.54) is 11.1 Å². The van der Waals surface area contributed by atoms with Crippen molar-refractivity contribution in [2.24, 2.45) is 0 Å². The van der Waals surface area contributed by atoms with Crippen LogP contribution in [0.1, 0.15) is 28.3 Å². The summed E-state index contributed by atoms with van der Waals surface area (Å²) in [6.07, 6.45) is 0.786. The van der Waals surface area contributed by atoms with Crippen LogP contribution in [0.4, 0.5) is 11.6 Å². The minimum atomic E-state index is 0.749. The highest BCUT2D eigenvalue weighted by Gasteiger charge is 2.24. The van der Waals surface area contributed by atoms with Crippen molar-refractivity contribution in [2.45, 2.75) is 27.2 Å². The molecule has 0 amide bonds. The average molecular weight is 459 g/mol. The van der Waals surface area contributed by atoms with Crippen LogP contribution in [0.5, 0.6) is 0 Å². The lowest BCUT2D eigenvalue weighted by Crippen LogP contribution is -2.47. The van der Waals surface area contributed by atoms with Gasteiger partial charge in [0, 0.05) is 48.9 Å². The summed E-state index contributed by atoms with van der Waals surface area (Å²) in [4.78, 5) is 23.9. The molecule has 0 N–H and O–H groups in total. The van der Waals surface area contributed by atoms with E-state index in [9.17, 15) is 0 Å². The molecule has 1 aliphatic rings. The molecule has 7 heteroatoms. The number of hydrogen-bond acceptors (Lipinski definition) is 6. The minimum Gasteiger partial charge on any atom is -0.353 e. The van der Waals surface area contributed by atoms with Crippen LogP contribution in [0, 0.1) is 20.8 Å². The van der Waals surface area contributed by atoms with Crippen LogP contribution in [0.2, 0.25) is 5.02 Å². The lowest BCUT2D eigenvalue weighted by molar-refractivity contribution is 0.635. The highest BCUT2D eigenvalue weighted by atomic mass is 35.5. The molecular formula is C26H27ClN6. The third kappa shape index (κ3) is 4.48. The molecule has 0 unspecified atom stereocenters. The van der Waals surface area contributed by atoms with Crippen LogP contribution >= 0.6 is 11.6 Å². The zero-order chi connectivity index (χ0) is 22.9. The maximum atomic E-state index is 6.08. The smallest absolute Gasteiger partial charge is 0.150 e. The summed E-state index contributed by atoms with van der Waals surface area (Å²) in [6.45, 7) is 9.57. The molecule has 1 saturated heterocycles. The lowest BCUT2D eigenvalue weighted by Gasteiger charge is -2.37. The first-order chi connectivity index (χ1) is 16.0. The van der Waals surface area contributed by atoms with E-state index in [1.54, 1.807) is 0 Å². The van der Waals surface area contributed by atoms with Gasteiger partial charge in [-0.3, -0.25) is 0 Å². The van der Waals surface area contributed by atoms with Crippen LogP contribution in [0.15, 0.2) is 48.5 Å². The topological polar surface area (TPSA) is 58.0 Å². The van der Waals surface area contributed by atoms with Gasteiger partial charge in [0.15, 0.2) is 5.82 Å². The highest BCUT2D eigenvalue weighted by Crippen LogP contribution is 2.27. The quantitative estimate of drug-likeness (QED) is 0.433. The van der Waals surface area contributed by atoms with Gasteiger partial charge in [0.2, 0.25) is 0 Å². The van der Waals surface area contributed by atoms with E-state index < -0.39 is 0 Å². The van der Waals surface area contributed by atoms with E-state index in [1.807, 2.05) is 50.2 Å². The number of para-hydroxylation sites is 2. The molecule has 1 fully saturated rings. The molecule has 2 aromatic heterocycles. The van der Waals surface area contributed by atoms with E-state index in [0.717, 1.165) is 77.5 Å². The standard InChI is InChI=1S/C26H27ClN6/c1-17-22(16-20-8-10-21(27)11-9-20)26(30-19(3)28-17)33-14-12-32(13-15-33)25-18(2)29-23-6-4-5-7-24(23)31-25/h4-11H,12-16H2,1-3H3. The first-order valence-electron chi connectivity index (χ1n) is 11.3. The van der Waals surface area contributed by atoms with Crippen LogP contribution < -0.4 is 9.80 Å². The zero-order valence-electron chi connectivity index (χ0n) is 19.2. The van der Waals surface area contributed by atoms with E-state index in [-0.39, 0.29) is 0 Å². The Hall–Kier alpha value is -3.25. The number of aryl methyl sites for hydroxylation is 3. The Labute approximate surface area is 199 Å². The van der Waals surface area contributed by atoms with Crippen molar-refractivity contribution in [2.75, 3.05) is 36.0 Å². The molecule has 33 heavy (non-hydrogen) atoms. The van der Waals surface area contributed by atoms with Crippen LogP contribution in [-0.2, 0) is 6.42 Å². The molecule has 0 aliphatic carbocycles. The van der Waals surface area contributed by atoms with Gasteiger partial charge in [-0.1, -0.05) is 35.9 Å². The van der Waals surface area contributed by atoms with Gasteiger partial charge in [0.05, 0.1) is 16.7 Å². The third-order valence-electron chi connectivity index (χ3n) is 6.20. The van der Waals surface area contributed by atoms with Gasteiger partial charge >= 0.3 is 0 Å². The summed E-state index contributed by atoms with van der Waals surface area (Å²) in [5.41, 5.74) is 6.27. The molecule has 1 aliphatic heterocycles. The molecule has 168 valence electrons. The van der Waals surface area contributed by atoms with Gasteiger partial charge in [-0.15, -0.1) is 0 Å². The van der Waals surface area contributed by atoms with Gasteiger partial charge in [-0.25, -0.2) is 19.9 Å². The van der Waals surface area contributed by atoms with E-state index in [2.05, 4.69) is 33.8 Å². The molecule has 0 bridgehead atoms. The van der Waals surface area contributed by atoms with Gasteiger partial charge in [0.1, 0.15) is 11.6 Å². The van der Waals surface area contributed by atoms with Gasteiger partial charge < -0.3 is 9.80 Å². The number of rotatable bonds is 4. The monoisotopic (exact) mass is 458 g/mol. The summed E-state index contributed by atoms with van der Waals surface area (Å²) < 4.78 is 0. The number of nitrogens with zero attached hydrogens (tertiary/aromatic N) is 6. The van der Waals surface area contributed by atoms with Crippen LogP contribution in [0.3, 0.4) is 0 Å². The van der Waals surface area contributed by atoms with Gasteiger partial charge in [-0.05, 0) is 50.6 Å². The van der Waals surface area contributed by atoms with Crippen molar-refractivity contribution in [1.29, 1.82) is 0 Å². The second-order valence-corrected chi connectivity index (χ2v) is 8.99. The van der Waals surface area contributed by atoms with Gasteiger partial charge in [0.25, 0.3) is 0 Å². The highest BCUT2D eigenvalue weighted by molar-refractivity contribution is 6.30. The third-order valence-corrected chi connectivity index (χ3v) is 6.45. The Morgan fingerprint density at radius 1 is 0.697 bits per heavy atom. The van der Waals surface area contributed by atoms with Gasteiger partial charge in [-0.2, -0.15) is 0 Å². The first kappa shape index (κ1) is 21.6. The maximum Gasteiger partial charge on any atom is 0.150 e. The minimum absolute atomic E-state index is 0.749. The van der Waals surface area contributed by atoms with Crippen LogP contribution in [0.25, 0.3) is 11.0 Å². The Kier molecular flexibility index (Phi) is 5.85. The molecule has 4 aromatic rings. The molecule has 0 spiro atoms. The fourth-order valence-corrected chi connectivity index (χ4v) is 4.63. The summed E-state index contributed by atoms with van der Waals surface area (Å²) in [7, 11) is 0. The molecule has 0 radical (unpaired) electrons. The predicted molar refractivity (Wildman–Crippen MR) is 134 cm³/mol. The number of benzene rings is 2. The predicted octanol–water partition coefficient (Wildman–Crippen LogP) is 4.92. The number of fused-ring (bicyclic) bond motifs is 1. The Bertz CT molecular complexity index is 1300. The van der Waals surface area contributed by atoms with Crippen molar-refractivity contribution < 1.29 is 0 Å². The molecule has 0 saturated carbocycles.